The number of benzene rings is 1. The number of carboxylic acid groups (broad SMARTS) is 2. The lowest BCUT2D eigenvalue weighted by Gasteiger charge is -2.16. The van der Waals surface area contributed by atoms with Crippen LogP contribution in [0.25, 0.3) is 11.0 Å². The summed E-state index contributed by atoms with van der Waals surface area (Å²) >= 11 is 2.05. The van der Waals surface area contributed by atoms with Crippen LogP contribution in [-0.4, -0.2) is 46.6 Å². The highest BCUT2D eigenvalue weighted by Crippen LogP contribution is 2.37. The van der Waals surface area contributed by atoms with Crippen molar-refractivity contribution in [1.29, 1.82) is 0 Å². The van der Waals surface area contributed by atoms with Crippen molar-refractivity contribution in [1.82, 2.24) is 9.55 Å². The minimum atomic E-state index is -1.90. The molecule has 3 aromatic rings. The van der Waals surface area contributed by atoms with Crippen LogP contribution >= 0.6 is 22.6 Å². The summed E-state index contributed by atoms with van der Waals surface area (Å²) in [6.45, 7) is 7.61. The SMILES string of the molecule is C[Si](C)(C)CCOCn1cc(I)c2c(Oc3c(F)cc(N(C(=O)O)C(=O)O)cc3F)ccnc21. The maximum absolute atomic E-state index is 14.7. The molecule has 3 rings (SSSR count). The number of rotatable bonds is 8. The van der Waals surface area contributed by atoms with E-state index in [-0.39, 0.29) is 17.4 Å². The Morgan fingerprint density at radius 1 is 1.18 bits per heavy atom. The van der Waals surface area contributed by atoms with Crippen LogP contribution in [0.1, 0.15) is 0 Å². The topological polar surface area (TPSA) is 114 Å². The highest BCUT2D eigenvalue weighted by atomic mass is 127. The number of carbonyl (C=O) groups is 2. The molecule has 34 heavy (non-hydrogen) atoms. The van der Waals surface area contributed by atoms with Crippen molar-refractivity contribution in [2.24, 2.45) is 0 Å². The maximum atomic E-state index is 14.7. The molecule has 2 aromatic heterocycles. The molecule has 1 aromatic carbocycles. The van der Waals surface area contributed by atoms with Crippen molar-refractivity contribution >= 4 is 59.6 Å². The van der Waals surface area contributed by atoms with E-state index in [9.17, 15) is 18.4 Å². The van der Waals surface area contributed by atoms with E-state index in [0.717, 1.165) is 6.04 Å². The van der Waals surface area contributed by atoms with Gasteiger partial charge in [-0.15, -0.1) is 0 Å². The lowest BCUT2D eigenvalue weighted by atomic mass is 10.2. The Morgan fingerprint density at radius 2 is 1.79 bits per heavy atom. The van der Waals surface area contributed by atoms with Crippen molar-refractivity contribution < 1.29 is 38.1 Å². The van der Waals surface area contributed by atoms with E-state index in [4.69, 9.17) is 19.7 Å². The second kappa shape index (κ2) is 10.2. The Balaban J connectivity index is 1.90. The summed E-state index contributed by atoms with van der Waals surface area (Å²) in [7, 11) is -1.24. The molecule has 0 spiro atoms. The van der Waals surface area contributed by atoms with Gasteiger partial charge in [0.1, 0.15) is 18.1 Å². The van der Waals surface area contributed by atoms with Crippen LogP contribution < -0.4 is 9.64 Å². The van der Waals surface area contributed by atoms with E-state index >= 15 is 0 Å². The zero-order valence-corrected chi connectivity index (χ0v) is 21.7. The van der Waals surface area contributed by atoms with Gasteiger partial charge in [-0.05, 0) is 34.7 Å². The molecule has 0 bridgehead atoms. The number of halogens is 3. The van der Waals surface area contributed by atoms with Gasteiger partial charge in [-0.1, -0.05) is 19.6 Å². The molecular formula is C21H22F2IN3O6Si. The Morgan fingerprint density at radius 3 is 2.35 bits per heavy atom. The number of pyridine rings is 1. The van der Waals surface area contributed by atoms with Gasteiger partial charge in [-0.2, -0.15) is 4.90 Å². The molecule has 2 heterocycles. The van der Waals surface area contributed by atoms with Gasteiger partial charge in [0, 0.05) is 42.8 Å². The molecule has 0 saturated heterocycles. The normalized spacial score (nSPS) is 11.6. The Kier molecular flexibility index (Phi) is 7.77. The van der Waals surface area contributed by atoms with Crippen molar-refractivity contribution in [2.75, 3.05) is 11.5 Å². The van der Waals surface area contributed by atoms with Gasteiger partial charge in [-0.25, -0.2) is 23.4 Å². The van der Waals surface area contributed by atoms with E-state index in [0.29, 0.717) is 33.3 Å². The van der Waals surface area contributed by atoms with Gasteiger partial charge in [0.25, 0.3) is 0 Å². The van der Waals surface area contributed by atoms with Crippen LogP contribution in [0.15, 0.2) is 30.6 Å². The van der Waals surface area contributed by atoms with Gasteiger partial charge < -0.3 is 24.3 Å². The highest BCUT2D eigenvalue weighted by Gasteiger charge is 2.26. The van der Waals surface area contributed by atoms with Crippen molar-refractivity contribution in [3.8, 4) is 11.5 Å². The first-order chi connectivity index (χ1) is 15.9. The number of anilines is 1. The average Bonchev–Trinajstić information content (AvgIpc) is 3.03. The van der Waals surface area contributed by atoms with E-state index in [1.807, 2.05) is 0 Å². The molecule has 0 aliphatic rings. The molecule has 0 aliphatic carbocycles. The summed E-state index contributed by atoms with van der Waals surface area (Å²) in [5, 5.41) is 18.5. The van der Waals surface area contributed by atoms with Crippen molar-refractivity contribution in [3.05, 3.63) is 45.8 Å². The van der Waals surface area contributed by atoms with Crippen LogP contribution in [0.2, 0.25) is 25.7 Å². The lowest BCUT2D eigenvalue weighted by Crippen LogP contribution is -2.34. The number of amides is 2. The molecule has 0 fully saturated rings. The molecule has 182 valence electrons. The van der Waals surface area contributed by atoms with Crippen LogP contribution in [0, 0.1) is 15.2 Å². The van der Waals surface area contributed by atoms with Crippen LogP contribution in [-0.2, 0) is 11.5 Å². The summed E-state index contributed by atoms with van der Waals surface area (Å²) in [6.07, 6.45) is -0.599. The number of hydrogen-bond donors (Lipinski definition) is 2. The molecule has 2 amide bonds. The number of hydrogen-bond acceptors (Lipinski definition) is 5. The number of imide groups is 1. The lowest BCUT2D eigenvalue weighted by molar-refractivity contribution is 0.0898. The molecule has 0 saturated carbocycles. The number of aromatic nitrogens is 2. The smallest absolute Gasteiger partial charge is 0.421 e. The van der Waals surface area contributed by atoms with Crippen LogP contribution in [0.3, 0.4) is 0 Å². The highest BCUT2D eigenvalue weighted by molar-refractivity contribution is 14.1. The summed E-state index contributed by atoms with van der Waals surface area (Å²) in [4.78, 5) is 26.4. The quantitative estimate of drug-likeness (QED) is 0.179. The third-order valence-corrected chi connectivity index (χ3v) is 7.26. The second-order valence-electron chi connectivity index (χ2n) is 8.54. The number of fused-ring (bicyclic) bond motifs is 1. The summed E-state index contributed by atoms with van der Waals surface area (Å²) in [6, 6.07) is 3.58. The first-order valence-electron chi connectivity index (χ1n) is 10.0. The van der Waals surface area contributed by atoms with Crippen LogP contribution in [0.5, 0.6) is 11.5 Å². The summed E-state index contributed by atoms with van der Waals surface area (Å²) in [5.41, 5.74) is -0.214. The monoisotopic (exact) mass is 605 g/mol. The fraction of sp³-hybridized carbons (Fsp3) is 0.286. The minimum Gasteiger partial charge on any atom is -0.464 e. The standard InChI is InChI=1S/C21H22F2IN3O6Si/c1-34(2,3)7-6-32-11-26-10-15(24)17-16(4-5-25-19(17)26)33-18-13(22)8-12(9-14(18)23)27(20(28)29)21(30)31/h4-5,8-10H,6-7,11H2,1-3H3,(H,28,29)(H,30,31). The zero-order valence-electron chi connectivity index (χ0n) is 18.5. The van der Waals surface area contributed by atoms with Gasteiger partial charge in [-0.3, -0.25) is 0 Å². The first-order valence-corrected chi connectivity index (χ1v) is 14.8. The Labute approximate surface area is 208 Å². The van der Waals surface area contributed by atoms with E-state index in [1.54, 1.807) is 10.8 Å². The predicted octanol–water partition coefficient (Wildman–Crippen LogP) is 6.19. The second-order valence-corrected chi connectivity index (χ2v) is 15.3. The summed E-state index contributed by atoms with van der Waals surface area (Å²) < 4.78 is 43.1. The molecule has 0 radical (unpaired) electrons. The molecule has 0 unspecified atom stereocenters. The Bertz CT molecular complexity index is 1210. The number of ether oxygens (including phenoxy) is 2. The van der Waals surface area contributed by atoms with Gasteiger partial charge in [0.15, 0.2) is 17.4 Å². The van der Waals surface area contributed by atoms with Gasteiger partial charge in [0.2, 0.25) is 0 Å². The van der Waals surface area contributed by atoms with Gasteiger partial charge >= 0.3 is 12.2 Å². The summed E-state index contributed by atoms with van der Waals surface area (Å²) in [5.74, 6) is -3.22. The van der Waals surface area contributed by atoms with E-state index in [2.05, 4.69) is 47.2 Å². The molecular weight excluding hydrogens is 583 g/mol. The molecule has 0 atom stereocenters. The van der Waals surface area contributed by atoms with E-state index in [1.165, 1.54) is 12.3 Å². The molecule has 13 heteroatoms. The Hall–Kier alpha value is -2.78. The third-order valence-electron chi connectivity index (χ3n) is 4.74. The maximum Gasteiger partial charge on any atom is 0.421 e. The van der Waals surface area contributed by atoms with Crippen molar-refractivity contribution in [2.45, 2.75) is 32.4 Å². The van der Waals surface area contributed by atoms with E-state index < -0.39 is 43.3 Å². The molecule has 0 aliphatic heterocycles. The fourth-order valence-corrected chi connectivity index (χ4v) is 4.65. The number of nitrogens with zero attached hydrogens (tertiary/aromatic N) is 3. The first kappa shape index (κ1) is 25.8. The largest absolute Gasteiger partial charge is 0.464 e. The van der Waals surface area contributed by atoms with Crippen molar-refractivity contribution in [3.63, 3.8) is 0 Å². The predicted molar refractivity (Wildman–Crippen MR) is 132 cm³/mol. The molecule has 2 N–H and O–H groups in total. The fourth-order valence-electron chi connectivity index (χ4n) is 3.05. The minimum absolute atomic E-state index is 0.120. The zero-order chi connectivity index (χ0) is 25.2. The van der Waals surface area contributed by atoms with Crippen LogP contribution in [0.4, 0.5) is 24.1 Å². The molecule has 9 nitrogen and oxygen atoms in total. The van der Waals surface area contributed by atoms with Gasteiger partial charge in [0.05, 0.1) is 11.1 Å². The average molecular weight is 605 g/mol. The third kappa shape index (κ3) is 5.82.